The van der Waals surface area contributed by atoms with Crippen molar-refractivity contribution in [2.45, 2.75) is 39.3 Å². The van der Waals surface area contributed by atoms with Crippen molar-refractivity contribution in [1.82, 2.24) is 19.9 Å². The van der Waals surface area contributed by atoms with E-state index in [0.29, 0.717) is 6.61 Å². The number of aromatic nitrogens is 3. The molecule has 0 radical (unpaired) electrons. The van der Waals surface area contributed by atoms with Crippen molar-refractivity contribution in [3.8, 4) is 12.0 Å². The average Bonchev–Trinajstić information content (AvgIpc) is 2.35. The number of nitrogens with one attached hydrogen (secondary N) is 1. The zero-order valence-corrected chi connectivity index (χ0v) is 13.0. The molecular weight excluding hydrogens is 260 g/mol. The second-order valence-corrected chi connectivity index (χ2v) is 5.53. The number of rotatable bonds is 7. The van der Waals surface area contributed by atoms with Crippen LogP contribution in [0.4, 0.5) is 5.95 Å². The molecule has 3 N–H and O–H groups in total. The molecule has 0 unspecified atom stereocenters. The average molecular weight is 284 g/mol. The summed E-state index contributed by atoms with van der Waals surface area (Å²) in [4.78, 5) is 14.2. The molecule has 0 aromatic carbocycles. The highest BCUT2D eigenvalue weighted by Crippen LogP contribution is 2.16. The van der Waals surface area contributed by atoms with Crippen LogP contribution in [0, 0.1) is 0 Å². The molecule has 1 aromatic heterocycles. The molecule has 1 heterocycles. The summed E-state index contributed by atoms with van der Waals surface area (Å²) < 4.78 is 11.0. The third-order valence-electron chi connectivity index (χ3n) is 2.83. The second kappa shape index (κ2) is 6.67. The van der Waals surface area contributed by atoms with Crippen LogP contribution in [0.15, 0.2) is 0 Å². The van der Waals surface area contributed by atoms with Gasteiger partial charge in [0.05, 0.1) is 6.10 Å². The number of anilines is 1. The normalized spacial score (nSPS) is 11.8. The Bertz CT molecular complexity index is 436. The van der Waals surface area contributed by atoms with E-state index >= 15 is 0 Å². The van der Waals surface area contributed by atoms with E-state index in [9.17, 15) is 0 Å². The summed E-state index contributed by atoms with van der Waals surface area (Å²) in [6.07, 6.45) is -0.0471. The molecule has 0 bridgehead atoms. The summed E-state index contributed by atoms with van der Waals surface area (Å²) in [7, 11) is 3.97. The van der Waals surface area contributed by atoms with E-state index in [1.807, 2.05) is 27.9 Å². The molecule has 1 rings (SSSR count). The number of hydrogen-bond acceptors (Lipinski definition) is 8. The molecule has 0 aliphatic carbocycles. The van der Waals surface area contributed by atoms with Gasteiger partial charge < -0.3 is 14.4 Å². The van der Waals surface area contributed by atoms with Crippen LogP contribution in [0.3, 0.4) is 0 Å². The van der Waals surface area contributed by atoms with Gasteiger partial charge in [-0.05, 0) is 41.8 Å². The smallest absolute Gasteiger partial charge is 0.324 e. The van der Waals surface area contributed by atoms with Gasteiger partial charge in [-0.15, -0.1) is 4.98 Å². The van der Waals surface area contributed by atoms with Crippen LogP contribution in [-0.4, -0.2) is 52.2 Å². The lowest BCUT2D eigenvalue weighted by molar-refractivity contribution is 0.106. The standard InChI is InChI=1S/C12H24N6O2/c1-8(2)20-11-15-9(17-13)14-10(16-11)19-7-12(3,4)18(5)6/h8H,7,13H2,1-6H3,(H,14,15,16,17). The van der Waals surface area contributed by atoms with E-state index in [-0.39, 0.29) is 29.6 Å². The summed E-state index contributed by atoms with van der Waals surface area (Å²) in [5, 5.41) is 0. The molecule has 0 fully saturated rings. The topological polar surface area (TPSA) is 98.4 Å². The second-order valence-electron chi connectivity index (χ2n) is 5.53. The molecule has 0 saturated heterocycles. The third-order valence-corrected chi connectivity index (χ3v) is 2.83. The largest absolute Gasteiger partial charge is 0.461 e. The Morgan fingerprint density at radius 1 is 1.20 bits per heavy atom. The maximum Gasteiger partial charge on any atom is 0.324 e. The molecule has 0 amide bonds. The predicted octanol–water partition coefficient (Wildman–Crippen LogP) is 0.663. The fourth-order valence-electron chi connectivity index (χ4n) is 1.10. The molecule has 114 valence electrons. The van der Waals surface area contributed by atoms with E-state index in [1.54, 1.807) is 0 Å². The summed E-state index contributed by atoms with van der Waals surface area (Å²) in [6, 6.07) is 0.360. The van der Waals surface area contributed by atoms with Crippen LogP contribution in [-0.2, 0) is 0 Å². The van der Waals surface area contributed by atoms with Gasteiger partial charge in [0.25, 0.3) is 0 Å². The fraction of sp³-hybridized carbons (Fsp3) is 0.750. The van der Waals surface area contributed by atoms with Gasteiger partial charge in [0, 0.05) is 5.54 Å². The van der Waals surface area contributed by atoms with Gasteiger partial charge >= 0.3 is 12.0 Å². The number of likely N-dealkylation sites (N-methyl/N-ethyl adjacent to an activating group) is 1. The number of nitrogens with two attached hydrogens (primary N) is 1. The van der Waals surface area contributed by atoms with Crippen LogP contribution < -0.4 is 20.7 Å². The van der Waals surface area contributed by atoms with Gasteiger partial charge in [-0.1, -0.05) is 0 Å². The van der Waals surface area contributed by atoms with Crippen LogP contribution in [0.5, 0.6) is 12.0 Å². The minimum Gasteiger partial charge on any atom is -0.461 e. The summed E-state index contributed by atoms with van der Waals surface area (Å²) in [6.45, 7) is 8.31. The van der Waals surface area contributed by atoms with Gasteiger partial charge in [0.15, 0.2) is 0 Å². The van der Waals surface area contributed by atoms with Gasteiger partial charge in [-0.25, -0.2) is 5.84 Å². The Labute approximate surface area is 119 Å². The third kappa shape index (κ3) is 4.78. The lowest BCUT2D eigenvalue weighted by Gasteiger charge is -2.31. The van der Waals surface area contributed by atoms with Crippen molar-refractivity contribution in [1.29, 1.82) is 0 Å². The van der Waals surface area contributed by atoms with E-state index in [2.05, 4.69) is 39.1 Å². The van der Waals surface area contributed by atoms with Crippen LogP contribution in [0.1, 0.15) is 27.7 Å². The molecule has 0 saturated carbocycles. The number of hydrogen-bond donors (Lipinski definition) is 2. The fourth-order valence-corrected chi connectivity index (χ4v) is 1.10. The Balaban J connectivity index is 2.83. The molecule has 0 aliphatic heterocycles. The van der Waals surface area contributed by atoms with E-state index in [4.69, 9.17) is 15.3 Å². The quantitative estimate of drug-likeness (QED) is 0.556. The monoisotopic (exact) mass is 284 g/mol. The van der Waals surface area contributed by atoms with Gasteiger partial charge in [-0.3, -0.25) is 5.43 Å². The maximum atomic E-state index is 5.62. The molecule has 0 aliphatic rings. The first-order valence-electron chi connectivity index (χ1n) is 6.44. The highest BCUT2D eigenvalue weighted by atomic mass is 16.5. The number of ether oxygens (including phenoxy) is 2. The van der Waals surface area contributed by atoms with Gasteiger partial charge in [0.2, 0.25) is 5.95 Å². The highest BCUT2D eigenvalue weighted by Gasteiger charge is 2.22. The molecule has 1 aromatic rings. The summed E-state index contributed by atoms with van der Waals surface area (Å²) >= 11 is 0. The minimum absolute atomic E-state index is 0.0471. The highest BCUT2D eigenvalue weighted by molar-refractivity contribution is 5.25. The van der Waals surface area contributed by atoms with Crippen molar-refractivity contribution in [3.05, 3.63) is 0 Å². The lowest BCUT2D eigenvalue weighted by atomic mass is 10.1. The van der Waals surface area contributed by atoms with Crippen molar-refractivity contribution in [3.63, 3.8) is 0 Å². The zero-order valence-electron chi connectivity index (χ0n) is 13.0. The first kappa shape index (κ1) is 16.4. The number of nitrogens with zero attached hydrogens (tertiary/aromatic N) is 4. The van der Waals surface area contributed by atoms with E-state index in [1.165, 1.54) is 0 Å². The Morgan fingerprint density at radius 2 is 1.80 bits per heavy atom. The van der Waals surface area contributed by atoms with Crippen LogP contribution in [0.25, 0.3) is 0 Å². The summed E-state index contributed by atoms with van der Waals surface area (Å²) in [5.41, 5.74) is 2.22. The van der Waals surface area contributed by atoms with Gasteiger partial charge in [-0.2, -0.15) is 9.97 Å². The van der Waals surface area contributed by atoms with Crippen LogP contribution >= 0.6 is 0 Å². The Hall–Kier alpha value is -1.67. The lowest BCUT2D eigenvalue weighted by Crippen LogP contribution is -2.43. The summed E-state index contributed by atoms with van der Waals surface area (Å²) in [5.74, 6) is 5.53. The molecule has 8 nitrogen and oxygen atoms in total. The minimum atomic E-state index is -0.151. The van der Waals surface area contributed by atoms with E-state index in [0.717, 1.165) is 0 Å². The van der Waals surface area contributed by atoms with Gasteiger partial charge in [0.1, 0.15) is 6.61 Å². The number of nitrogen functional groups attached to an aromatic ring is 1. The first-order valence-corrected chi connectivity index (χ1v) is 6.44. The molecular formula is C12H24N6O2. The van der Waals surface area contributed by atoms with Crippen molar-refractivity contribution in [2.75, 3.05) is 26.1 Å². The zero-order chi connectivity index (χ0) is 15.3. The molecule has 20 heavy (non-hydrogen) atoms. The van der Waals surface area contributed by atoms with Crippen molar-refractivity contribution < 1.29 is 9.47 Å². The van der Waals surface area contributed by atoms with E-state index < -0.39 is 0 Å². The van der Waals surface area contributed by atoms with Crippen molar-refractivity contribution >= 4 is 5.95 Å². The predicted molar refractivity (Wildman–Crippen MR) is 76.7 cm³/mol. The Kier molecular flexibility index (Phi) is 5.46. The maximum absolute atomic E-state index is 5.62. The molecule has 0 atom stereocenters. The first-order chi connectivity index (χ1) is 9.24. The molecule has 0 spiro atoms. The SMILES string of the molecule is CC(C)Oc1nc(NN)nc(OCC(C)(C)N(C)C)n1. The number of hydrazine groups is 1. The molecule has 8 heteroatoms. The van der Waals surface area contributed by atoms with Crippen LogP contribution in [0.2, 0.25) is 0 Å². The Morgan fingerprint density at radius 3 is 2.30 bits per heavy atom. The van der Waals surface area contributed by atoms with Crippen molar-refractivity contribution in [2.24, 2.45) is 5.84 Å².